The van der Waals surface area contributed by atoms with Crippen LogP contribution in [0.4, 0.5) is 0 Å². The number of hydrogen-bond acceptors (Lipinski definition) is 6. The van der Waals surface area contributed by atoms with Gasteiger partial charge in [-0.05, 0) is 38.3 Å². The van der Waals surface area contributed by atoms with Gasteiger partial charge in [0.05, 0.1) is 11.5 Å². The summed E-state index contributed by atoms with van der Waals surface area (Å²) in [7, 11) is 0. The summed E-state index contributed by atoms with van der Waals surface area (Å²) in [5.74, 6) is -0.171. The van der Waals surface area contributed by atoms with E-state index in [9.17, 15) is 4.79 Å². The second-order valence-corrected chi connectivity index (χ2v) is 6.73. The SMILES string of the molecule is Cc1cc(C)nc(S[C@@H](C)C(=O)N/N=C\c2cccs2)n1. The first-order chi connectivity index (χ1) is 10.0. The van der Waals surface area contributed by atoms with Gasteiger partial charge in [0.25, 0.3) is 5.91 Å². The number of thiophene rings is 1. The number of nitrogens with zero attached hydrogens (tertiary/aromatic N) is 3. The van der Waals surface area contributed by atoms with Gasteiger partial charge in [0.15, 0.2) is 5.16 Å². The molecule has 1 atom stereocenters. The Hall–Kier alpha value is -1.73. The van der Waals surface area contributed by atoms with Crippen LogP contribution < -0.4 is 5.43 Å². The van der Waals surface area contributed by atoms with Crippen molar-refractivity contribution in [2.45, 2.75) is 31.2 Å². The van der Waals surface area contributed by atoms with Gasteiger partial charge in [-0.2, -0.15) is 5.10 Å². The van der Waals surface area contributed by atoms with E-state index in [1.54, 1.807) is 17.6 Å². The van der Waals surface area contributed by atoms with E-state index in [1.165, 1.54) is 11.8 Å². The summed E-state index contributed by atoms with van der Waals surface area (Å²) in [5.41, 5.74) is 4.32. The Kier molecular flexibility index (Phi) is 5.46. The Balaban J connectivity index is 1.90. The maximum atomic E-state index is 11.9. The summed E-state index contributed by atoms with van der Waals surface area (Å²) in [5, 5.41) is 6.20. The lowest BCUT2D eigenvalue weighted by Crippen LogP contribution is -2.27. The fourth-order valence-electron chi connectivity index (χ4n) is 1.57. The molecule has 1 amide bonds. The third-order valence-corrected chi connectivity index (χ3v) is 4.29. The van der Waals surface area contributed by atoms with Crippen LogP contribution in [0.2, 0.25) is 0 Å². The molecule has 0 aromatic carbocycles. The quantitative estimate of drug-likeness (QED) is 0.398. The van der Waals surface area contributed by atoms with E-state index in [0.717, 1.165) is 16.3 Å². The molecule has 2 heterocycles. The molecular formula is C14H16N4OS2. The van der Waals surface area contributed by atoms with E-state index >= 15 is 0 Å². The normalized spacial score (nSPS) is 12.5. The van der Waals surface area contributed by atoms with Gasteiger partial charge < -0.3 is 0 Å². The van der Waals surface area contributed by atoms with Crippen LogP contribution in [0, 0.1) is 13.8 Å². The molecule has 2 aromatic rings. The number of hydrazone groups is 1. The Bertz CT molecular complexity index is 620. The van der Waals surface area contributed by atoms with Crippen LogP contribution in [0.25, 0.3) is 0 Å². The summed E-state index contributed by atoms with van der Waals surface area (Å²) in [6.07, 6.45) is 1.63. The maximum absolute atomic E-state index is 11.9. The standard InChI is InChI=1S/C14H16N4OS2/c1-9-7-10(2)17-14(16-9)21-11(3)13(19)18-15-8-12-5-4-6-20-12/h4-8,11H,1-3H3,(H,18,19)/b15-8-/t11-/m0/s1. The van der Waals surface area contributed by atoms with Gasteiger partial charge >= 0.3 is 0 Å². The topological polar surface area (TPSA) is 67.2 Å². The molecule has 0 spiro atoms. The minimum atomic E-state index is -0.313. The van der Waals surface area contributed by atoms with Gasteiger partial charge in [-0.3, -0.25) is 4.79 Å². The predicted octanol–water partition coefficient (Wildman–Crippen LogP) is 2.79. The first kappa shape index (κ1) is 15.7. The number of amides is 1. The van der Waals surface area contributed by atoms with Crippen molar-refractivity contribution in [1.29, 1.82) is 0 Å². The number of carbonyl (C=O) groups is 1. The van der Waals surface area contributed by atoms with Gasteiger partial charge in [-0.15, -0.1) is 11.3 Å². The van der Waals surface area contributed by atoms with Crippen molar-refractivity contribution in [3.63, 3.8) is 0 Å². The third kappa shape index (κ3) is 4.95. The molecule has 0 radical (unpaired) electrons. The van der Waals surface area contributed by atoms with E-state index in [2.05, 4.69) is 20.5 Å². The largest absolute Gasteiger partial charge is 0.272 e. The molecule has 0 aliphatic rings. The molecule has 0 unspecified atom stereocenters. The summed E-state index contributed by atoms with van der Waals surface area (Å²) in [6.45, 7) is 5.63. The lowest BCUT2D eigenvalue weighted by Gasteiger charge is -2.08. The average molecular weight is 320 g/mol. The predicted molar refractivity (Wildman–Crippen MR) is 86.9 cm³/mol. The number of hydrogen-bond donors (Lipinski definition) is 1. The molecule has 0 bridgehead atoms. The van der Waals surface area contributed by atoms with Gasteiger partial charge in [0.2, 0.25) is 0 Å². The van der Waals surface area contributed by atoms with Gasteiger partial charge in [-0.1, -0.05) is 17.8 Å². The molecule has 0 saturated heterocycles. The number of rotatable bonds is 5. The Morgan fingerprint density at radius 2 is 2.14 bits per heavy atom. The highest BCUT2D eigenvalue weighted by atomic mass is 32.2. The van der Waals surface area contributed by atoms with Crippen LogP contribution in [-0.4, -0.2) is 27.3 Å². The second kappa shape index (κ2) is 7.33. The molecule has 5 nitrogen and oxygen atoms in total. The molecule has 1 N–H and O–H groups in total. The Labute approximate surface area is 131 Å². The molecule has 0 saturated carbocycles. The minimum absolute atomic E-state index is 0.171. The van der Waals surface area contributed by atoms with Crippen LogP contribution in [-0.2, 0) is 4.79 Å². The van der Waals surface area contributed by atoms with Crippen LogP contribution in [0.3, 0.4) is 0 Å². The van der Waals surface area contributed by atoms with Gasteiger partial charge in [0, 0.05) is 16.3 Å². The fourth-order valence-corrected chi connectivity index (χ4v) is 3.03. The molecule has 2 rings (SSSR count). The molecule has 110 valence electrons. The van der Waals surface area contributed by atoms with Crippen LogP contribution in [0.5, 0.6) is 0 Å². The van der Waals surface area contributed by atoms with Crippen molar-refractivity contribution in [2.24, 2.45) is 5.10 Å². The van der Waals surface area contributed by atoms with Crippen molar-refractivity contribution in [1.82, 2.24) is 15.4 Å². The smallest absolute Gasteiger partial charge is 0.253 e. The zero-order valence-electron chi connectivity index (χ0n) is 12.0. The second-order valence-electron chi connectivity index (χ2n) is 4.44. The van der Waals surface area contributed by atoms with E-state index in [1.807, 2.05) is 44.4 Å². The molecule has 7 heteroatoms. The van der Waals surface area contributed by atoms with Gasteiger partial charge in [0.1, 0.15) is 0 Å². The average Bonchev–Trinajstić information content (AvgIpc) is 2.90. The van der Waals surface area contributed by atoms with Crippen LogP contribution in [0.15, 0.2) is 33.8 Å². The minimum Gasteiger partial charge on any atom is -0.272 e. The molecule has 0 aliphatic carbocycles. The lowest BCUT2D eigenvalue weighted by molar-refractivity contribution is -0.120. The van der Waals surface area contributed by atoms with Crippen molar-refractivity contribution >= 4 is 35.2 Å². The summed E-state index contributed by atoms with van der Waals surface area (Å²) >= 11 is 2.89. The maximum Gasteiger partial charge on any atom is 0.253 e. The number of aryl methyl sites for hydroxylation is 2. The highest BCUT2D eigenvalue weighted by Gasteiger charge is 2.15. The van der Waals surface area contributed by atoms with Crippen molar-refractivity contribution in [2.75, 3.05) is 0 Å². The number of carbonyl (C=O) groups excluding carboxylic acids is 1. The number of nitrogens with one attached hydrogen (secondary N) is 1. The number of thioether (sulfide) groups is 1. The van der Waals surface area contributed by atoms with E-state index < -0.39 is 0 Å². The Morgan fingerprint density at radius 1 is 1.43 bits per heavy atom. The van der Waals surface area contributed by atoms with Crippen LogP contribution in [0.1, 0.15) is 23.2 Å². The molecule has 21 heavy (non-hydrogen) atoms. The first-order valence-electron chi connectivity index (χ1n) is 6.40. The zero-order chi connectivity index (χ0) is 15.2. The monoisotopic (exact) mass is 320 g/mol. The third-order valence-electron chi connectivity index (χ3n) is 2.52. The first-order valence-corrected chi connectivity index (χ1v) is 8.16. The summed E-state index contributed by atoms with van der Waals surface area (Å²) < 4.78 is 0. The molecule has 2 aromatic heterocycles. The van der Waals surface area contributed by atoms with Crippen molar-refractivity contribution in [3.8, 4) is 0 Å². The molecular weight excluding hydrogens is 304 g/mol. The number of aromatic nitrogens is 2. The lowest BCUT2D eigenvalue weighted by atomic mass is 10.4. The summed E-state index contributed by atoms with van der Waals surface area (Å²) in [4.78, 5) is 21.6. The van der Waals surface area contributed by atoms with Crippen LogP contribution >= 0.6 is 23.1 Å². The molecule has 0 aliphatic heterocycles. The highest BCUT2D eigenvalue weighted by molar-refractivity contribution is 8.00. The zero-order valence-corrected chi connectivity index (χ0v) is 13.7. The summed E-state index contributed by atoms with van der Waals surface area (Å²) in [6, 6.07) is 5.77. The fraction of sp³-hybridized carbons (Fsp3) is 0.286. The van der Waals surface area contributed by atoms with E-state index in [0.29, 0.717) is 5.16 Å². The Morgan fingerprint density at radius 3 is 2.76 bits per heavy atom. The molecule has 0 fully saturated rings. The highest BCUT2D eigenvalue weighted by Crippen LogP contribution is 2.20. The van der Waals surface area contributed by atoms with Crippen molar-refractivity contribution in [3.05, 3.63) is 39.8 Å². The van der Waals surface area contributed by atoms with E-state index in [-0.39, 0.29) is 11.2 Å². The van der Waals surface area contributed by atoms with Crippen molar-refractivity contribution < 1.29 is 4.79 Å². The van der Waals surface area contributed by atoms with E-state index in [4.69, 9.17) is 0 Å². The van der Waals surface area contributed by atoms with Gasteiger partial charge in [-0.25, -0.2) is 15.4 Å².